The molecule has 3 aliphatic rings. The highest BCUT2D eigenvalue weighted by molar-refractivity contribution is 7.89. The molecule has 2 aromatic carbocycles. The molecule has 0 aromatic heterocycles. The lowest BCUT2D eigenvalue weighted by atomic mass is 10.00. The SMILES string of the molecule is CN(C)CCNc1cccc(S(=O)(=O)NC(OC2CCCC2)[C@H](O)[C@H](Cc2ccccc2)NC(=O)OC2COC3OCCC23)c1. The van der Waals surface area contributed by atoms with Crippen LogP contribution in [0.25, 0.3) is 0 Å². The van der Waals surface area contributed by atoms with Crippen LogP contribution in [-0.2, 0) is 35.4 Å². The van der Waals surface area contributed by atoms with Gasteiger partial charge in [0.25, 0.3) is 0 Å². The van der Waals surface area contributed by atoms with Crippen molar-refractivity contribution in [3.05, 3.63) is 60.2 Å². The molecule has 45 heavy (non-hydrogen) atoms. The second kappa shape index (κ2) is 15.7. The average molecular weight is 647 g/mol. The summed E-state index contributed by atoms with van der Waals surface area (Å²) in [5.41, 5.74) is 1.50. The lowest BCUT2D eigenvalue weighted by molar-refractivity contribution is -0.0912. The summed E-state index contributed by atoms with van der Waals surface area (Å²) in [4.78, 5) is 15.3. The predicted octanol–water partition coefficient (Wildman–Crippen LogP) is 2.68. The molecule has 2 aromatic rings. The number of rotatable bonds is 15. The molecule has 1 amide bonds. The first-order valence-corrected chi connectivity index (χ1v) is 17.2. The molecule has 5 rings (SSSR count). The molecule has 2 aliphatic heterocycles. The lowest BCUT2D eigenvalue weighted by Gasteiger charge is -2.33. The quantitative estimate of drug-likeness (QED) is 0.213. The molecular weight excluding hydrogens is 600 g/mol. The minimum atomic E-state index is -4.13. The maximum Gasteiger partial charge on any atom is 0.407 e. The maximum absolute atomic E-state index is 13.7. The third-order valence-corrected chi connectivity index (χ3v) is 9.93. The van der Waals surface area contributed by atoms with Crippen molar-refractivity contribution in [3.63, 3.8) is 0 Å². The van der Waals surface area contributed by atoms with Gasteiger partial charge < -0.3 is 39.6 Å². The fourth-order valence-electron chi connectivity index (χ4n) is 6.03. The average Bonchev–Trinajstić information content (AvgIpc) is 3.78. The van der Waals surface area contributed by atoms with E-state index in [1.54, 1.807) is 18.2 Å². The number of alkyl carbamates (subject to hydrolysis) is 1. The summed E-state index contributed by atoms with van der Waals surface area (Å²) in [6, 6.07) is 14.9. The van der Waals surface area contributed by atoms with Crippen LogP contribution in [0.4, 0.5) is 10.5 Å². The van der Waals surface area contributed by atoms with Crippen LogP contribution in [0.3, 0.4) is 0 Å². The van der Waals surface area contributed by atoms with E-state index in [0.717, 1.165) is 44.2 Å². The van der Waals surface area contributed by atoms with Crippen LogP contribution in [0.1, 0.15) is 37.7 Å². The van der Waals surface area contributed by atoms with Crippen molar-refractivity contribution in [2.45, 2.75) is 80.3 Å². The van der Waals surface area contributed by atoms with Crippen molar-refractivity contribution in [2.24, 2.45) is 5.92 Å². The van der Waals surface area contributed by atoms with Crippen LogP contribution in [0.5, 0.6) is 0 Å². The number of hydrogen-bond acceptors (Lipinski definition) is 10. The van der Waals surface area contributed by atoms with Gasteiger partial charge in [0.2, 0.25) is 10.0 Å². The molecule has 2 heterocycles. The van der Waals surface area contributed by atoms with E-state index in [2.05, 4.69) is 15.4 Å². The van der Waals surface area contributed by atoms with Crippen molar-refractivity contribution >= 4 is 21.8 Å². The molecule has 0 bridgehead atoms. The number of carbonyl (C=O) groups is 1. The molecule has 0 spiro atoms. The molecule has 2 saturated heterocycles. The van der Waals surface area contributed by atoms with Crippen LogP contribution < -0.4 is 15.4 Å². The van der Waals surface area contributed by atoms with Crippen molar-refractivity contribution in [3.8, 4) is 0 Å². The number of carbonyl (C=O) groups excluding carboxylic acids is 1. The number of hydrogen-bond donors (Lipinski definition) is 4. The normalized spacial score (nSPS) is 23.9. The standard InChI is InChI=1S/C32H46N4O8S/c1-36(2)17-16-33-23-11-8-14-25(20-23)45(39,40)35-30(43-24-12-6-7-13-24)29(37)27(19-22-9-4-3-5-10-22)34-32(38)44-28-21-42-31-26(28)15-18-41-31/h3-5,8-11,14,20,24,26-31,33,35,37H,6-7,12-13,15-19,21H2,1-2H3,(H,34,38)/t26?,27-,28?,29+,30?,31?/m0/s1. The molecule has 4 unspecified atom stereocenters. The van der Waals surface area contributed by atoms with Gasteiger partial charge in [0.1, 0.15) is 18.4 Å². The molecule has 1 aliphatic carbocycles. The Labute approximate surface area is 265 Å². The number of sulfonamides is 1. The second-order valence-corrected chi connectivity index (χ2v) is 14.0. The van der Waals surface area contributed by atoms with Gasteiger partial charge in [-0.1, -0.05) is 49.2 Å². The Kier molecular flexibility index (Phi) is 11.7. The molecule has 1 saturated carbocycles. The van der Waals surface area contributed by atoms with Crippen LogP contribution in [0.15, 0.2) is 59.5 Å². The van der Waals surface area contributed by atoms with E-state index in [-0.39, 0.29) is 36.2 Å². The molecule has 6 atom stereocenters. The van der Waals surface area contributed by atoms with Gasteiger partial charge in [0.15, 0.2) is 6.29 Å². The molecule has 248 valence electrons. The number of amides is 1. The van der Waals surface area contributed by atoms with Gasteiger partial charge in [-0.05, 0) is 63.5 Å². The monoisotopic (exact) mass is 646 g/mol. The zero-order chi connectivity index (χ0) is 31.8. The zero-order valence-electron chi connectivity index (χ0n) is 26.0. The fourth-order valence-corrected chi connectivity index (χ4v) is 7.21. The smallest absolute Gasteiger partial charge is 0.407 e. The van der Waals surface area contributed by atoms with Gasteiger partial charge in [-0.2, -0.15) is 4.72 Å². The Morgan fingerprint density at radius 3 is 2.60 bits per heavy atom. The summed E-state index contributed by atoms with van der Waals surface area (Å²) >= 11 is 0. The van der Waals surface area contributed by atoms with E-state index in [1.165, 1.54) is 6.07 Å². The van der Waals surface area contributed by atoms with Crippen LogP contribution in [0.2, 0.25) is 0 Å². The molecule has 12 nitrogen and oxygen atoms in total. The highest BCUT2D eigenvalue weighted by Gasteiger charge is 2.44. The van der Waals surface area contributed by atoms with Gasteiger partial charge in [0, 0.05) is 18.8 Å². The molecule has 4 N–H and O–H groups in total. The molecular formula is C32H46N4O8S. The number of ether oxygens (including phenoxy) is 4. The highest BCUT2D eigenvalue weighted by atomic mass is 32.2. The summed E-state index contributed by atoms with van der Waals surface area (Å²) in [5.74, 6) is -0.0494. The van der Waals surface area contributed by atoms with E-state index in [1.807, 2.05) is 49.3 Å². The Morgan fingerprint density at radius 2 is 1.84 bits per heavy atom. The first-order chi connectivity index (χ1) is 21.7. The van der Waals surface area contributed by atoms with Gasteiger partial charge in [0.05, 0.1) is 36.2 Å². The predicted molar refractivity (Wildman–Crippen MR) is 168 cm³/mol. The third-order valence-electron chi connectivity index (χ3n) is 8.51. The van der Waals surface area contributed by atoms with Crippen LogP contribution in [0, 0.1) is 5.92 Å². The summed E-state index contributed by atoms with van der Waals surface area (Å²) in [6.07, 6.45) is -0.249. The van der Waals surface area contributed by atoms with E-state index < -0.39 is 40.6 Å². The van der Waals surface area contributed by atoms with Crippen LogP contribution >= 0.6 is 0 Å². The Balaban J connectivity index is 1.34. The van der Waals surface area contributed by atoms with E-state index in [0.29, 0.717) is 18.8 Å². The summed E-state index contributed by atoms with van der Waals surface area (Å²) in [6.45, 7) is 2.19. The molecule has 13 heteroatoms. The lowest BCUT2D eigenvalue weighted by Crippen LogP contribution is -2.57. The van der Waals surface area contributed by atoms with Gasteiger partial charge >= 0.3 is 6.09 Å². The van der Waals surface area contributed by atoms with Gasteiger partial charge in [-0.3, -0.25) is 0 Å². The Hall–Kier alpha value is -2.78. The second-order valence-electron chi connectivity index (χ2n) is 12.2. The fraction of sp³-hybridized carbons (Fsp3) is 0.594. The van der Waals surface area contributed by atoms with E-state index in [4.69, 9.17) is 18.9 Å². The summed E-state index contributed by atoms with van der Waals surface area (Å²) in [5, 5.41) is 17.8. The number of aliphatic hydroxyl groups excluding tert-OH is 1. The number of aliphatic hydroxyl groups is 1. The van der Waals surface area contributed by atoms with Crippen molar-refractivity contribution < 1.29 is 37.3 Å². The van der Waals surface area contributed by atoms with Crippen LogP contribution in [-0.4, -0.2) is 102 Å². The number of nitrogens with one attached hydrogen (secondary N) is 3. The first-order valence-electron chi connectivity index (χ1n) is 15.8. The molecule has 0 radical (unpaired) electrons. The third kappa shape index (κ3) is 9.38. The summed E-state index contributed by atoms with van der Waals surface area (Å²) in [7, 11) is -0.207. The Morgan fingerprint density at radius 1 is 1.07 bits per heavy atom. The van der Waals surface area contributed by atoms with Crippen molar-refractivity contribution in [1.82, 2.24) is 14.9 Å². The number of benzene rings is 2. The molecule has 3 fully saturated rings. The number of likely N-dealkylation sites (N-methyl/N-ethyl adjacent to an activating group) is 1. The van der Waals surface area contributed by atoms with E-state index >= 15 is 0 Å². The number of fused-ring (bicyclic) bond motifs is 1. The number of anilines is 1. The zero-order valence-corrected chi connectivity index (χ0v) is 26.8. The minimum Gasteiger partial charge on any atom is -0.443 e. The largest absolute Gasteiger partial charge is 0.443 e. The van der Waals surface area contributed by atoms with Crippen molar-refractivity contribution in [2.75, 3.05) is 45.7 Å². The Bertz CT molecular complexity index is 1340. The maximum atomic E-state index is 13.7. The van der Waals surface area contributed by atoms with E-state index in [9.17, 15) is 18.3 Å². The van der Waals surface area contributed by atoms with Gasteiger partial charge in [-0.15, -0.1) is 0 Å². The topological polar surface area (TPSA) is 148 Å². The highest BCUT2D eigenvalue weighted by Crippen LogP contribution is 2.33. The minimum absolute atomic E-state index is 0.0334. The number of nitrogens with zero attached hydrogens (tertiary/aromatic N) is 1. The van der Waals surface area contributed by atoms with Gasteiger partial charge in [-0.25, -0.2) is 13.2 Å². The van der Waals surface area contributed by atoms with Crippen molar-refractivity contribution in [1.29, 1.82) is 0 Å². The first kappa shape index (κ1) is 33.6. The summed E-state index contributed by atoms with van der Waals surface area (Å²) < 4.78 is 53.2.